The van der Waals surface area contributed by atoms with Crippen molar-refractivity contribution >= 4 is 11.8 Å². The van der Waals surface area contributed by atoms with E-state index in [4.69, 9.17) is 9.47 Å². The van der Waals surface area contributed by atoms with E-state index in [1.165, 1.54) is 6.33 Å². The summed E-state index contributed by atoms with van der Waals surface area (Å²) in [5.74, 6) is 1.11. The van der Waals surface area contributed by atoms with Crippen LogP contribution in [-0.2, 0) is 9.53 Å². The SMILES string of the molecule is CCOC(=O)C1CCCN1c1ncnc(OC)c1C. The molecule has 1 aromatic heterocycles. The van der Waals surface area contributed by atoms with Crippen LogP contribution in [0.5, 0.6) is 5.88 Å². The van der Waals surface area contributed by atoms with Crippen molar-refractivity contribution in [2.24, 2.45) is 0 Å². The molecule has 2 heterocycles. The standard InChI is InChI=1S/C13H19N3O3/c1-4-19-13(17)10-6-5-7-16(10)11-9(2)12(18-3)15-8-14-11/h8,10H,4-7H2,1-3H3. The normalized spacial score (nSPS) is 18.5. The highest BCUT2D eigenvalue weighted by Crippen LogP contribution is 2.30. The van der Waals surface area contributed by atoms with Gasteiger partial charge in [-0.05, 0) is 26.7 Å². The molecule has 0 amide bonds. The largest absolute Gasteiger partial charge is 0.481 e. The van der Waals surface area contributed by atoms with Crippen LogP contribution >= 0.6 is 0 Å². The average molecular weight is 265 g/mol. The summed E-state index contributed by atoms with van der Waals surface area (Å²) in [6.07, 6.45) is 3.21. The summed E-state index contributed by atoms with van der Waals surface area (Å²) in [6, 6.07) is -0.252. The third-order valence-corrected chi connectivity index (χ3v) is 3.29. The first-order valence-electron chi connectivity index (χ1n) is 6.47. The topological polar surface area (TPSA) is 64.5 Å². The summed E-state index contributed by atoms with van der Waals surface area (Å²) in [5.41, 5.74) is 0.848. The van der Waals surface area contributed by atoms with Crippen molar-refractivity contribution in [2.45, 2.75) is 32.7 Å². The van der Waals surface area contributed by atoms with Gasteiger partial charge in [-0.3, -0.25) is 0 Å². The highest BCUT2D eigenvalue weighted by atomic mass is 16.5. The lowest BCUT2D eigenvalue weighted by Crippen LogP contribution is -2.38. The number of anilines is 1. The molecule has 1 fully saturated rings. The van der Waals surface area contributed by atoms with Gasteiger partial charge in [-0.25, -0.2) is 14.8 Å². The Balaban J connectivity index is 2.27. The second-order valence-corrected chi connectivity index (χ2v) is 4.44. The molecule has 0 radical (unpaired) electrons. The second kappa shape index (κ2) is 5.86. The summed E-state index contributed by atoms with van der Waals surface area (Å²) in [5, 5.41) is 0. The molecule has 1 aliphatic rings. The van der Waals surface area contributed by atoms with Crippen LogP contribution < -0.4 is 9.64 Å². The van der Waals surface area contributed by atoms with Gasteiger partial charge in [0.2, 0.25) is 5.88 Å². The Kier molecular flexibility index (Phi) is 4.19. The summed E-state index contributed by atoms with van der Waals surface area (Å²) in [4.78, 5) is 22.3. The van der Waals surface area contributed by atoms with Gasteiger partial charge >= 0.3 is 5.97 Å². The molecule has 0 spiro atoms. The number of hydrogen-bond acceptors (Lipinski definition) is 6. The molecule has 0 saturated carbocycles. The van der Waals surface area contributed by atoms with Gasteiger partial charge in [-0.1, -0.05) is 0 Å². The van der Waals surface area contributed by atoms with E-state index in [0.29, 0.717) is 12.5 Å². The third-order valence-electron chi connectivity index (χ3n) is 3.29. The van der Waals surface area contributed by atoms with Crippen LogP contribution in [0.3, 0.4) is 0 Å². The summed E-state index contributed by atoms with van der Waals surface area (Å²) >= 11 is 0. The van der Waals surface area contributed by atoms with E-state index < -0.39 is 0 Å². The molecule has 6 heteroatoms. The Labute approximate surface area is 112 Å². The number of aromatic nitrogens is 2. The van der Waals surface area contributed by atoms with E-state index in [1.54, 1.807) is 7.11 Å². The quantitative estimate of drug-likeness (QED) is 0.765. The number of esters is 1. The van der Waals surface area contributed by atoms with Gasteiger partial charge < -0.3 is 14.4 Å². The molecule has 0 N–H and O–H groups in total. The number of rotatable bonds is 4. The van der Waals surface area contributed by atoms with E-state index in [1.807, 2.05) is 18.7 Å². The molecule has 6 nitrogen and oxygen atoms in total. The number of ether oxygens (including phenoxy) is 2. The van der Waals surface area contributed by atoms with Gasteiger partial charge in [0.1, 0.15) is 18.2 Å². The molecule has 1 atom stereocenters. The molecule has 1 unspecified atom stereocenters. The molecular weight excluding hydrogens is 246 g/mol. The van der Waals surface area contributed by atoms with Gasteiger partial charge in [0, 0.05) is 6.54 Å². The van der Waals surface area contributed by atoms with Crippen molar-refractivity contribution in [3.63, 3.8) is 0 Å². The Hall–Kier alpha value is -1.85. The lowest BCUT2D eigenvalue weighted by Gasteiger charge is -2.25. The highest BCUT2D eigenvalue weighted by molar-refractivity contribution is 5.80. The maximum Gasteiger partial charge on any atom is 0.328 e. The fourth-order valence-corrected chi connectivity index (χ4v) is 2.42. The molecule has 1 aromatic rings. The maximum atomic E-state index is 12.0. The Morgan fingerprint density at radius 2 is 2.32 bits per heavy atom. The predicted molar refractivity (Wildman–Crippen MR) is 70.3 cm³/mol. The van der Waals surface area contributed by atoms with Crippen molar-refractivity contribution in [3.8, 4) is 5.88 Å². The van der Waals surface area contributed by atoms with Crippen molar-refractivity contribution in [2.75, 3.05) is 25.2 Å². The smallest absolute Gasteiger partial charge is 0.328 e. The van der Waals surface area contributed by atoms with Crippen molar-refractivity contribution < 1.29 is 14.3 Å². The number of hydrogen-bond donors (Lipinski definition) is 0. The fraction of sp³-hybridized carbons (Fsp3) is 0.615. The van der Waals surface area contributed by atoms with E-state index in [-0.39, 0.29) is 12.0 Å². The first-order valence-corrected chi connectivity index (χ1v) is 6.47. The zero-order valence-corrected chi connectivity index (χ0v) is 11.5. The predicted octanol–water partition coefficient (Wildman–Crippen LogP) is 1.33. The van der Waals surface area contributed by atoms with Crippen LogP contribution in [0.1, 0.15) is 25.3 Å². The Bertz CT molecular complexity index is 464. The highest BCUT2D eigenvalue weighted by Gasteiger charge is 2.34. The Morgan fingerprint density at radius 1 is 1.53 bits per heavy atom. The lowest BCUT2D eigenvalue weighted by molar-refractivity contribution is -0.144. The minimum absolute atomic E-state index is 0.183. The average Bonchev–Trinajstić information content (AvgIpc) is 2.88. The van der Waals surface area contributed by atoms with Crippen LogP contribution in [0, 0.1) is 6.92 Å². The zero-order chi connectivity index (χ0) is 13.8. The molecule has 1 saturated heterocycles. The monoisotopic (exact) mass is 265 g/mol. The molecular formula is C13H19N3O3. The minimum atomic E-state index is -0.252. The van der Waals surface area contributed by atoms with Crippen molar-refractivity contribution in [1.82, 2.24) is 9.97 Å². The molecule has 0 aromatic carbocycles. The van der Waals surface area contributed by atoms with Gasteiger partial charge in [-0.2, -0.15) is 0 Å². The van der Waals surface area contributed by atoms with Crippen molar-refractivity contribution in [1.29, 1.82) is 0 Å². The van der Waals surface area contributed by atoms with Gasteiger partial charge in [0.05, 0.1) is 19.3 Å². The number of nitrogens with zero attached hydrogens (tertiary/aromatic N) is 3. The van der Waals surface area contributed by atoms with E-state index in [0.717, 1.165) is 30.8 Å². The van der Waals surface area contributed by atoms with Gasteiger partial charge in [0.25, 0.3) is 0 Å². The Morgan fingerprint density at radius 3 is 3.00 bits per heavy atom. The zero-order valence-electron chi connectivity index (χ0n) is 11.5. The van der Waals surface area contributed by atoms with E-state index >= 15 is 0 Å². The van der Waals surface area contributed by atoms with E-state index in [2.05, 4.69) is 9.97 Å². The second-order valence-electron chi connectivity index (χ2n) is 4.44. The molecule has 0 bridgehead atoms. The first-order chi connectivity index (χ1) is 9.19. The number of carbonyl (C=O) groups is 1. The van der Waals surface area contributed by atoms with Crippen LogP contribution in [0.25, 0.3) is 0 Å². The van der Waals surface area contributed by atoms with E-state index in [9.17, 15) is 4.79 Å². The number of methoxy groups -OCH3 is 1. The number of carbonyl (C=O) groups excluding carboxylic acids is 1. The molecule has 19 heavy (non-hydrogen) atoms. The van der Waals surface area contributed by atoms with Gasteiger partial charge in [0.15, 0.2) is 0 Å². The van der Waals surface area contributed by atoms with Crippen LogP contribution in [0.2, 0.25) is 0 Å². The van der Waals surface area contributed by atoms with Crippen molar-refractivity contribution in [3.05, 3.63) is 11.9 Å². The molecule has 2 rings (SSSR count). The first kappa shape index (κ1) is 13.6. The molecule has 1 aliphatic heterocycles. The maximum absolute atomic E-state index is 12.0. The molecule has 0 aliphatic carbocycles. The lowest BCUT2D eigenvalue weighted by atomic mass is 10.2. The fourth-order valence-electron chi connectivity index (χ4n) is 2.42. The summed E-state index contributed by atoms with van der Waals surface area (Å²) < 4.78 is 10.3. The van der Waals surface area contributed by atoms with Crippen LogP contribution in [-0.4, -0.2) is 42.2 Å². The molecule has 104 valence electrons. The summed E-state index contributed by atoms with van der Waals surface area (Å²) in [6.45, 7) is 4.91. The summed E-state index contributed by atoms with van der Waals surface area (Å²) in [7, 11) is 1.58. The van der Waals surface area contributed by atoms with Crippen LogP contribution in [0.15, 0.2) is 6.33 Å². The van der Waals surface area contributed by atoms with Gasteiger partial charge in [-0.15, -0.1) is 0 Å². The van der Waals surface area contributed by atoms with Crippen LogP contribution in [0.4, 0.5) is 5.82 Å². The third kappa shape index (κ3) is 2.62. The minimum Gasteiger partial charge on any atom is -0.481 e.